The second kappa shape index (κ2) is 5.46. The smallest absolute Gasteiger partial charge is 0.158 e. The first-order chi connectivity index (χ1) is 7.87. The van der Waals surface area contributed by atoms with Crippen LogP contribution in [0.15, 0.2) is 6.20 Å². The number of ether oxygens (including phenoxy) is 1. The summed E-state index contributed by atoms with van der Waals surface area (Å²) in [5, 5.41) is 0. The number of sulfone groups is 1. The van der Waals surface area contributed by atoms with E-state index in [0.29, 0.717) is 11.4 Å². The van der Waals surface area contributed by atoms with Gasteiger partial charge in [-0.3, -0.25) is 4.98 Å². The van der Waals surface area contributed by atoms with E-state index in [4.69, 9.17) is 10.5 Å². The van der Waals surface area contributed by atoms with E-state index < -0.39 is 9.84 Å². The number of rotatable bonds is 5. The highest BCUT2D eigenvalue weighted by atomic mass is 32.2. The van der Waals surface area contributed by atoms with Crippen molar-refractivity contribution in [3.63, 3.8) is 0 Å². The highest BCUT2D eigenvalue weighted by Gasteiger charge is 2.16. The second-order valence-corrected chi connectivity index (χ2v) is 6.20. The lowest BCUT2D eigenvalue weighted by Crippen LogP contribution is -2.15. The van der Waals surface area contributed by atoms with E-state index >= 15 is 0 Å². The van der Waals surface area contributed by atoms with Gasteiger partial charge in [-0.1, -0.05) is 0 Å². The van der Waals surface area contributed by atoms with Crippen LogP contribution in [-0.2, 0) is 20.3 Å². The Labute approximate surface area is 102 Å². The van der Waals surface area contributed by atoms with Crippen LogP contribution in [0.5, 0.6) is 0 Å². The van der Waals surface area contributed by atoms with Gasteiger partial charge in [0.05, 0.1) is 23.8 Å². The maximum absolute atomic E-state index is 11.7. The van der Waals surface area contributed by atoms with E-state index in [1.807, 2.05) is 6.92 Å². The van der Waals surface area contributed by atoms with Crippen molar-refractivity contribution in [1.82, 2.24) is 4.98 Å². The van der Waals surface area contributed by atoms with Crippen molar-refractivity contribution in [3.05, 3.63) is 23.0 Å². The van der Waals surface area contributed by atoms with Crippen LogP contribution in [-0.4, -0.2) is 32.9 Å². The molecule has 1 aromatic heterocycles. The third kappa shape index (κ3) is 3.67. The normalized spacial score (nSPS) is 11.7. The topological polar surface area (TPSA) is 82.3 Å². The average molecular weight is 258 g/mol. The molecule has 0 aliphatic heterocycles. The number of aryl methyl sites for hydroxylation is 1. The summed E-state index contributed by atoms with van der Waals surface area (Å²) < 4.78 is 28.3. The summed E-state index contributed by atoms with van der Waals surface area (Å²) >= 11 is 0. The van der Waals surface area contributed by atoms with Crippen molar-refractivity contribution in [1.29, 1.82) is 0 Å². The summed E-state index contributed by atoms with van der Waals surface area (Å²) in [6, 6.07) is 0. The Morgan fingerprint density at radius 1 is 1.41 bits per heavy atom. The SMILES string of the molecule is COCCS(=O)(=O)Cc1ncc(C)c(N)c1C. The van der Waals surface area contributed by atoms with Crippen LogP contribution in [0.2, 0.25) is 0 Å². The van der Waals surface area contributed by atoms with Gasteiger partial charge in [-0.15, -0.1) is 0 Å². The highest BCUT2D eigenvalue weighted by molar-refractivity contribution is 7.90. The molecular formula is C11H18N2O3S. The van der Waals surface area contributed by atoms with Gasteiger partial charge >= 0.3 is 0 Å². The van der Waals surface area contributed by atoms with Crippen molar-refractivity contribution in [2.75, 3.05) is 25.2 Å². The molecule has 2 N–H and O–H groups in total. The van der Waals surface area contributed by atoms with E-state index in [9.17, 15) is 8.42 Å². The van der Waals surface area contributed by atoms with Gasteiger partial charge in [0.1, 0.15) is 0 Å². The molecule has 0 radical (unpaired) electrons. The predicted molar refractivity (Wildman–Crippen MR) is 67.5 cm³/mol. The molecule has 1 aromatic rings. The Morgan fingerprint density at radius 3 is 2.65 bits per heavy atom. The first-order valence-corrected chi connectivity index (χ1v) is 7.09. The van der Waals surface area contributed by atoms with Gasteiger partial charge in [-0.25, -0.2) is 8.42 Å². The molecule has 17 heavy (non-hydrogen) atoms. The molecule has 5 nitrogen and oxygen atoms in total. The molecule has 1 rings (SSSR count). The van der Waals surface area contributed by atoms with Crippen molar-refractivity contribution < 1.29 is 13.2 Å². The van der Waals surface area contributed by atoms with Crippen LogP contribution in [0.25, 0.3) is 0 Å². The summed E-state index contributed by atoms with van der Waals surface area (Å²) in [4.78, 5) is 4.13. The maximum atomic E-state index is 11.7. The number of anilines is 1. The minimum atomic E-state index is -3.19. The largest absolute Gasteiger partial charge is 0.398 e. The molecule has 0 atom stereocenters. The zero-order chi connectivity index (χ0) is 13.1. The monoisotopic (exact) mass is 258 g/mol. The minimum Gasteiger partial charge on any atom is -0.398 e. The summed E-state index contributed by atoms with van der Waals surface area (Å²) in [7, 11) is -1.72. The number of nitrogens with two attached hydrogens (primary N) is 1. The lowest BCUT2D eigenvalue weighted by Gasteiger charge is -2.10. The molecular weight excluding hydrogens is 240 g/mol. The van der Waals surface area contributed by atoms with Gasteiger partial charge in [0.25, 0.3) is 0 Å². The van der Waals surface area contributed by atoms with E-state index in [1.54, 1.807) is 13.1 Å². The molecule has 0 bridgehead atoms. The van der Waals surface area contributed by atoms with Crippen LogP contribution in [0.1, 0.15) is 16.8 Å². The summed E-state index contributed by atoms with van der Waals surface area (Å²) in [5.41, 5.74) is 8.57. The summed E-state index contributed by atoms with van der Waals surface area (Å²) in [5.74, 6) is -0.0922. The van der Waals surface area contributed by atoms with Crippen molar-refractivity contribution >= 4 is 15.5 Å². The van der Waals surface area contributed by atoms with Crippen LogP contribution in [0.3, 0.4) is 0 Å². The first kappa shape index (κ1) is 13.9. The fraction of sp³-hybridized carbons (Fsp3) is 0.545. The molecule has 0 spiro atoms. The Hall–Kier alpha value is -1.14. The van der Waals surface area contributed by atoms with E-state index in [1.165, 1.54) is 7.11 Å². The van der Waals surface area contributed by atoms with Gasteiger partial charge in [0.15, 0.2) is 9.84 Å². The van der Waals surface area contributed by atoms with Crippen molar-refractivity contribution in [2.24, 2.45) is 0 Å². The Balaban J connectivity index is 2.93. The van der Waals surface area contributed by atoms with E-state index in [0.717, 1.165) is 11.1 Å². The summed E-state index contributed by atoms with van der Waals surface area (Å²) in [6.45, 7) is 3.83. The fourth-order valence-electron chi connectivity index (χ4n) is 1.43. The quantitative estimate of drug-likeness (QED) is 0.846. The lowest BCUT2D eigenvalue weighted by molar-refractivity contribution is 0.217. The van der Waals surface area contributed by atoms with Gasteiger partial charge in [0, 0.05) is 19.0 Å². The lowest BCUT2D eigenvalue weighted by atomic mass is 10.1. The molecule has 0 saturated heterocycles. The number of hydrogen-bond donors (Lipinski definition) is 1. The molecule has 6 heteroatoms. The number of nitrogen functional groups attached to an aromatic ring is 1. The minimum absolute atomic E-state index is 0.00159. The Morgan fingerprint density at radius 2 is 2.06 bits per heavy atom. The molecule has 96 valence electrons. The zero-order valence-electron chi connectivity index (χ0n) is 10.4. The van der Waals surface area contributed by atoms with Crippen LogP contribution in [0.4, 0.5) is 5.69 Å². The zero-order valence-corrected chi connectivity index (χ0v) is 11.2. The van der Waals surface area contributed by atoms with E-state index in [2.05, 4.69) is 4.98 Å². The van der Waals surface area contributed by atoms with Gasteiger partial charge in [-0.2, -0.15) is 0 Å². The highest BCUT2D eigenvalue weighted by Crippen LogP contribution is 2.19. The van der Waals surface area contributed by atoms with E-state index in [-0.39, 0.29) is 18.1 Å². The fourth-order valence-corrected chi connectivity index (χ4v) is 2.70. The Bertz CT molecular complexity index is 498. The van der Waals surface area contributed by atoms with Crippen LogP contribution >= 0.6 is 0 Å². The molecule has 1 heterocycles. The molecule has 0 aliphatic rings. The number of aromatic nitrogens is 1. The number of hydrogen-bond acceptors (Lipinski definition) is 5. The number of nitrogens with zero attached hydrogens (tertiary/aromatic N) is 1. The molecule has 0 saturated carbocycles. The third-order valence-corrected chi connectivity index (χ3v) is 4.13. The van der Waals surface area contributed by atoms with Crippen molar-refractivity contribution in [3.8, 4) is 0 Å². The molecule has 0 aliphatic carbocycles. The molecule has 0 fully saturated rings. The van der Waals surface area contributed by atoms with Gasteiger partial charge in [-0.05, 0) is 25.0 Å². The van der Waals surface area contributed by atoms with Crippen LogP contribution < -0.4 is 5.73 Å². The average Bonchev–Trinajstić information content (AvgIpc) is 2.27. The predicted octanol–water partition coefficient (Wildman–Crippen LogP) is 0.842. The maximum Gasteiger partial charge on any atom is 0.158 e. The summed E-state index contributed by atoms with van der Waals surface area (Å²) in [6.07, 6.45) is 1.60. The number of methoxy groups -OCH3 is 1. The standard InChI is InChI=1S/C11H18N2O3S/c1-8-6-13-10(9(2)11(8)12)7-17(14,15)5-4-16-3/h6H,4-5,7H2,1-3H3,(H2,12,13). The third-order valence-electron chi connectivity index (χ3n) is 2.63. The molecule has 0 amide bonds. The Kier molecular flexibility index (Phi) is 4.47. The second-order valence-electron chi connectivity index (χ2n) is 4.01. The first-order valence-electron chi connectivity index (χ1n) is 5.27. The molecule has 0 unspecified atom stereocenters. The number of pyridine rings is 1. The van der Waals surface area contributed by atoms with Gasteiger partial charge in [0.2, 0.25) is 0 Å². The molecule has 0 aromatic carbocycles. The van der Waals surface area contributed by atoms with Crippen LogP contribution in [0, 0.1) is 13.8 Å². The van der Waals surface area contributed by atoms with Gasteiger partial charge < -0.3 is 10.5 Å². The van der Waals surface area contributed by atoms with Crippen molar-refractivity contribution in [2.45, 2.75) is 19.6 Å².